The number of anilines is 3. The number of fused-ring (bicyclic) bond motifs is 1. The van der Waals surface area contributed by atoms with E-state index in [2.05, 4.69) is 44.0 Å². The fourth-order valence-corrected chi connectivity index (χ4v) is 3.52. The Bertz CT molecular complexity index is 1630. The normalized spacial score (nSPS) is 11.1. The number of benzene rings is 2. The van der Waals surface area contributed by atoms with Gasteiger partial charge in [0.05, 0.1) is 12.1 Å². The molecule has 0 bridgehead atoms. The van der Waals surface area contributed by atoms with Crippen molar-refractivity contribution in [1.82, 2.24) is 19.5 Å². The zero-order valence-corrected chi connectivity index (χ0v) is 21.4. The summed E-state index contributed by atoms with van der Waals surface area (Å²) >= 11 is 0. The third kappa shape index (κ3) is 6.54. The number of amides is 1. The zero-order valence-electron chi connectivity index (χ0n) is 21.4. The van der Waals surface area contributed by atoms with Crippen LogP contribution in [0.15, 0.2) is 78.8 Å². The fourth-order valence-electron chi connectivity index (χ4n) is 3.52. The monoisotopic (exact) mass is 508 g/mol. The molecule has 0 spiro atoms. The Morgan fingerprint density at radius 2 is 2.00 bits per heavy atom. The Morgan fingerprint density at radius 1 is 1.18 bits per heavy atom. The lowest BCUT2D eigenvalue weighted by Gasteiger charge is -2.13. The van der Waals surface area contributed by atoms with Crippen LogP contribution in [-0.4, -0.2) is 46.1 Å². The number of nitrogens with two attached hydrogens (primary N) is 1. The number of rotatable bonds is 7. The lowest BCUT2D eigenvalue weighted by Crippen LogP contribution is -2.26. The summed E-state index contributed by atoms with van der Waals surface area (Å²) in [5.41, 5.74) is 3.57. The molecule has 0 aliphatic carbocycles. The molecule has 0 saturated carbocycles. The Morgan fingerprint density at radius 3 is 2.76 bits per heavy atom. The number of pyridine rings is 1. The Kier molecular flexibility index (Phi) is 8.01. The second-order valence-corrected chi connectivity index (χ2v) is 8.59. The van der Waals surface area contributed by atoms with Gasteiger partial charge in [0.2, 0.25) is 0 Å². The Labute approximate surface area is 220 Å². The maximum atomic E-state index is 12.2. The van der Waals surface area contributed by atoms with Crippen LogP contribution in [0.25, 0.3) is 10.9 Å². The molecule has 2 heterocycles. The van der Waals surface area contributed by atoms with E-state index < -0.39 is 0 Å². The molecule has 0 aliphatic heterocycles. The van der Waals surface area contributed by atoms with E-state index in [1.54, 1.807) is 24.4 Å². The summed E-state index contributed by atoms with van der Waals surface area (Å²) < 4.78 is 7.43. The maximum Gasteiger partial charge on any atom is 0.300 e. The molecule has 0 unspecified atom stereocenters. The van der Waals surface area contributed by atoms with E-state index in [4.69, 9.17) is 10.6 Å². The third-order valence-electron chi connectivity index (χ3n) is 5.31. The van der Waals surface area contributed by atoms with Gasteiger partial charge in [0.1, 0.15) is 23.6 Å². The SMILES string of the molecule is C=C/N=c1/cc(Oc2ccc(Nc3ncnc4ccc(NC(=O)C#CCN(C)C)cc34)cc2C)ccn1N. The van der Waals surface area contributed by atoms with Crippen molar-refractivity contribution in [3.8, 4) is 23.3 Å². The first kappa shape index (κ1) is 25.9. The first-order valence-electron chi connectivity index (χ1n) is 11.7. The second-order valence-electron chi connectivity index (χ2n) is 8.59. The second kappa shape index (κ2) is 11.7. The molecule has 38 heavy (non-hydrogen) atoms. The van der Waals surface area contributed by atoms with Gasteiger partial charge >= 0.3 is 0 Å². The molecular formula is C28H28N8O2. The van der Waals surface area contributed by atoms with Crippen LogP contribution in [0.5, 0.6) is 11.5 Å². The van der Waals surface area contributed by atoms with Gasteiger partial charge in [-0.2, -0.15) is 0 Å². The number of aromatic nitrogens is 3. The number of nitrogens with one attached hydrogen (secondary N) is 2. The van der Waals surface area contributed by atoms with Gasteiger partial charge in [0, 0.05) is 35.2 Å². The van der Waals surface area contributed by atoms with Crippen LogP contribution in [0.1, 0.15) is 5.56 Å². The van der Waals surface area contributed by atoms with E-state index in [0.717, 1.165) is 22.2 Å². The molecule has 0 atom stereocenters. The van der Waals surface area contributed by atoms with E-state index in [9.17, 15) is 4.79 Å². The molecule has 4 aromatic rings. The van der Waals surface area contributed by atoms with E-state index >= 15 is 0 Å². The summed E-state index contributed by atoms with van der Waals surface area (Å²) in [5, 5.41) is 6.89. The van der Waals surface area contributed by atoms with Gasteiger partial charge in [-0.15, -0.1) is 0 Å². The summed E-state index contributed by atoms with van der Waals surface area (Å²) in [6.45, 7) is 6.05. The minimum absolute atomic E-state index is 0.381. The number of carbonyl (C=O) groups is 1. The van der Waals surface area contributed by atoms with Crippen LogP contribution >= 0.6 is 0 Å². The summed E-state index contributed by atoms with van der Waals surface area (Å²) in [4.78, 5) is 27.0. The smallest absolute Gasteiger partial charge is 0.300 e. The van der Waals surface area contributed by atoms with Crippen molar-refractivity contribution in [3.63, 3.8) is 0 Å². The van der Waals surface area contributed by atoms with E-state index in [1.807, 2.05) is 56.3 Å². The van der Waals surface area contributed by atoms with Gasteiger partial charge in [-0.05, 0) is 75.0 Å². The van der Waals surface area contributed by atoms with Crippen LogP contribution in [-0.2, 0) is 4.79 Å². The molecule has 0 radical (unpaired) electrons. The quantitative estimate of drug-likeness (QED) is 0.258. The van der Waals surface area contributed by atoms with Gasteiger partial charge in [-0.1, -0.05) is 12.5 Å². The molecule has 2 aromatic carbocycles. The number of ether oxygens (including phenoxy) is 1. The molecule has 4 rings (SSSR count). The molecule has 4 N–H and O–H groups in total. The van der Waals surface area contributed by atoms with Crippen molar-refractivity contribution in [2.24, 2.45) is 4.99 Å². The standard InChI is InChI=1S/C28H28N8O2/c1-5-30-26-17-22(12-14-36(26)29)38-25-11-9-20(15-19(25)2)34-28-23-16-21(8-10-24(23)31-18-32-28)33-27(37)7-6-13-35(3)4/h5,8-12,14-18H,1,13,29H2,2-4H3,(H,33,37)(H,31,32,34)/b30-26-. The lowest BCUT2D eigenvalue weighted by molar-refractivity contribution is -0.111. The molecule has 10 heteroatoms. The summed E-state index contributed by atoms with van der Waals surface area (Å²) in [6, 6.07) is 14.6. The van der Waals surface area contributed by atoms with E-state index in [-0.39, 0.29) is 5.91 Å². The predicted molar refractivity (Wildman–Crippen MR) is 149 cm³/mol. The van der Waals surface area contributed by atoms with Crippen LogP contribution in [0, 0.1) is 18.8 Å². The first-order chi connectivity index (χ1) is 18.3. The molecular weight excluding hydrogens is 480 g/mol. The van der Waals surface area contributed by atoms with Crippen molar-refractivity contribution in [2.75, 3.05) is 37.1 Å². The van der Waals surface area contributed by atoms with Crippen LogP contribution in [0.3, 0.4) is 0 Å². The molecule has 1 amide bonds. The van der Waals surface area contributed by atoms with Crippen LogP contribution in [0.4, 0.5) is 17.2 Å². The van der Waals surface area contributed by atoms with Crippen molar-refractivity contribution in [1.29, 1.82) is 0 Å². The number of hydrogen-bond donors (Lipinski definition) is 3. The Balaban J connectivity index is 1.54. The number of nitrogens with zero attached hydrogens (tertiary/aromatic N) is 5. The average Bonchev–Trinajstić information content (AvgIpc) is 2.88. The lowest BCUT2D eigenvalue weighted by atomic mass is 10.1. The molecule has 192 valence electrons. The molecule has 0 saturated heterocycles. The zero-order chi connectivity index (χ0) is 27.1. The number of nitrogen functional groups attached to an aromatic ring is 1. The molecule has 10 nitrogen and oxygen atoms in total. The minimum atomic E-state index is -0.381. The van der Waals surface area contributed by atoms with Crippen LogP contribution < -0.4 is 26.7 Å². The van der Waals surface area contributed by atoms with Crippen molar-refractivity contribution < 1.29 is 9.53 Å². The molecule has 0 fully saturated rings. The van der Waals surface area contributed by atoms with Crippen molar-refractivity contribution in [3.05, 3.63) is 84.9 Å². The first-order valence-corrected chi connectivity index (χ1v) is 11.7. The van der Waals surface area contributed by atoms with Gasteiger partial charge in [0.25, 0.3) is 5.91 Å². The Hall–Kier alpha value is -5.14. The highest BCUT2D eigenvalue weighted by atomic mass is 16.5. The van der Waals surface area contributed by atoms with Crippen LogP contribution in [0.2, 0.25) is 0 Å². The topological polar surface area (TPSA) is 123 Å². The van der Waals surface area contributed by atoms with Gasteiger partial charge in [-0.3, -0.25) is 14.4 Å². The highest BCUT2D eigenvalue weighted by Crippen LogP contribution is 2.30. The highest BCUT2D eigenvalue weighted by Gasteiger charge is 2.09. The van der Waals surface area contributed by atoms with Gasteiger partial charge in [-0.25, -0.2) is 15.0 Å². The largest absolute Gasteiger partial charge is 0.457 e. The fraction of sp³-hybridized carbons (Fsp3) is 0.143. The summed E-state index contributed by atoms with van der Waals surface area (Å²) in [5.74, 6) is 12.8. The molecule has 2 aromatic heterocycles. The minimum Gasteiger partial charge on any atom is -0.457 e. The number of aryl methyl sites for hydroxylation is 1. The number of hydrogen-bond acceptors (Lipinski definition) is 8. The molecule has 0 aliphatic rings. The van der Waals surface area contributed by atoms with Gasteiger partial charge < -0.3 is 21.2 Å². The van der Waals surface area contributed by atoms with Crippen molar-refractivity contribution in [2.45, 2.75) is 6.92 Å². The predicted octanol–water partition coefficient (Wildman–Crippen LogP) is 3.54. The third-order valence-corrected chi connectivity index (χ3v) is 5.31. The average molecular weight is 509 g/mol. The summed E-state index contributed by atoms with van der Waals surface area (Å²) in [7, 11) is 3.78. The summed E-state index contributed by atoms with van der Waals surface area (Å²) in [6.07, 6.45) is 4.57. The van der Waals surface area contributed by atoms with Gasteiger partial charge in [0.15, 0.2) is 5.49 Å². The van der Waals surface area contributed by atoms with E-state index in [0.29, 0.717) is 35.0 Å². The number of carbonyl (C=O) groups excluding carboxylic acids is 1. The van der Waals surface area contributed by atoms with E-state index in [1.165, 1.54) is 17.2 Å². The highest BCUT2D eigenvalue weighted by molar-refractivity contribution is 6.05. The van der Waals surface area contributed by atoms with Crippen molar-refractivity contribution >= 4 is 34.0 Å². The maximum absolute atomic E-state index is 12.2.